The molecule has 8 heteroatoms. The van der Waals surface area contributed by atoms with Gasteiger partial charge in [0.25, 0.3) is 10.0 Å². The summed E-state index contributed by atoms with van der Waals surface area (Å²) in [5.74, 6) is 0. The summed E-state index contributed by atoms with van der Waals surface area (Å²) >= 11 is 0. The number of anilines is 3. The molecule has 0 radical (unpaired) electrons. The highest BCUT2D eigenvalue weighted by Crippen LogP contribution is 2.28. The number of nitrogens with zero attached hydrogens (tertiary/aromatic N) is 2. The van der Waals surface area contributed by atoms with Crippen LogP contribution in [0.1, 0.15) is 6.42 Å². The maximum Gasteiger partial charge on any atom is 0.261 e. The molecule has 1 saturated heterocycles. The van der Waals surface area contributed by atoms with Crippen molar-refractivity contribution in [3.8, 4) is 0 Å². The Morgan fingerprint density at radius 3 is 2.42 bits per heavy atom. The standard InChI is InChI=1S/C18H24N4O2S.ClH/c1-21-10-5-11-22(13-12-21)18-9-8-16(14-17(18)19)25(23,24)20-15-6-3-2-4-7-15;/h2-4,6-9,14,20H,5,10-13,19H2,1H3;1H. The van der Waals surface area contributed by atoms with Crippen molar-refractivity contribution in [3.63, 3.8) is 0 Å². The Kier molecular flexibility index (Phi) is 6.75. The molecule has 2 aromatic carbocycles. The second-order valence-corrected chi connectivity index (χ2v) is 8.02. The van der Waals surface area contributed by atoms with Crippen LogP contribution in [-0.4, -0.2) is 46.5 Å². The summed E-state index contributed by atoms with van der Waals surface area (Å²) in [5, 5.41) is 0. The molecule has 3 N–H and O–H groups in total. The first-order valence-corrected chi connectivity index (χ1v) is 9.85. The van der Waals surface area contributed by atoms with Crippen LogP contribution in [0.4, 0.5) is 17.1 Å². The topological polar surface area (TPSA) is 78.7 Å². The Hall–Kier alpha value is -1.96. The minimum absolute atomic E-state index is 0. The highest BCUT2D eigenvalue weighted by Gasteiger charge is 2.19. The largest absolute Gasteiger partial charge is 0.397 e. The lowest BCUT2D eigenvalue weighted by molar-refractivity contribution is 0.360. The molecule has 1 heterocycles. The summed E-state index contributed by atoms with van der Waals surface area (Å²) in [6.45, 7) is 3.83. The predicted molar refractivity (Wildman–Crippen MR) is 110 cm³/mol. The van der Waals surface area contributed by atoms with E-state index in [2.05, 4.69) is 21.6 Å². The van der Waals surface area contributed by atoms with E-state index in [0.29, 0.717) is 11.4 Å². The average molecular weight is 397 g/mol. The van der Waals surface area contributed by atoms with Crippen molar-refractivity contribution in [2.45, 2.75) is 11.3 Å². The minimum atomic E-state index is -3.66. The SMILES string of the molecule is CN1CCCN(c2ccc(S(=O)(=O)Nc3ccccc3)cc2N)CC1.Cl. The zero-order valence-corrected chi connectivity index (χ0v) is 16.4. The molecule has 0 atom stereocenters. The summed E-state index contributed by atoms with van der Waals surface area (Å²) in [7, 11) is -1.55. The lowest BCUT2D eigenvalue weighted by atomic mass is 10.2. The summed E-state index contributed by atoms with van der Waals surface area (Å²) in [6.07, 6.45) is 1.06. The smallest absolute Gasteiger partial charge is 0.261 e. The van der Waals surface area contributed by atoms with Crippen molar-refractivity contribution < 1.29 is 8.42 Å². The van der Waals surface area contributed by atoms with Gasteiger partial charge in [0.15, 0.2) is 0 Å². The number of hydrogen-bond acceptors (Lipinski definition) is 5. The van der Waals surface area contributed by atoms with E-state index in [1.54, 1.807) is 36.4 Å². The second kappa shape index (κ2) is 8.62. The van der Waals surface area contributed by atoms with Crippen LogP contribution < -0.4 is 15.4 Å². The number of sulfonamides is 1. The molecule has 1 aliphatic heterocycles. The molecule has 3 rings (SSSR count). The van der Waals surface area contributed by atoms with Gasteiger partial charge >= 0.3 is 0 Å². The fourth-order valence-corrected chi connectivity index (χ4v) is 4.09. The molecular formula is C18H25ClN4O2S. The third kappa shape index (κ3) is 4.81. The van der Waals surface area contributed by atoms with Crippen molar-refractivity contribution in [2.75, 3.05) is 48.6 Å². The van der Waals surface area contributed by atoms with E-state index in [-0.39, 0.29) is 17.3 Å². The maximum atomic E-state index is 12.6. The van der Waals surface area contributed by atoms with Gasteiger partial charge in [-0.15, -0.1) is 12.4 Å². The Bertz CT molecular complexity index is 830. The first-order valence-electron chi connectivity index (χ1n) is 8.36. The Balaban J connectivity index is 0.00000243. The molecule has 0 spiro atoms. The number of benzene rings is 2. The van der Waals surface area contributed by atoms with E-state index in [1.807, 2.05) is 6.07 Å². The molecule has 0 amide bonds. The number of likely N-dealkylation sites (N-methyl/N-ethyl adjacent to an activating group) is 1. The second-order valence-electron chi connectivity index (χ2n) is 6.34. The van der Waals surface area contributed by atoms with E-state index in [1.165, 1.54) is 6.07 Å². The van der Waals surface area contributed by atoms with Gasteiger partial charge in [0.1, 0.15) is 0 Å². The van der Waals surface area contributed by atoms with E-state index in [0.717, 1.165) is 38.3 Å². The molecule has 6 nitrogen and oxygen atoms in total. The molecule has 0 aromatic heterocycles. The van der Waals surface area contributed by atoms with Gasteiger partial charge in [-0.05, 0) is 50.3 Å². The summed E-state index contributed by atoms with van der Waals surface area (Å²) < 4.78 is 27.7. The number of hydrogen-bond donors (Lipinski definition) is 2. The van der Waals surface area contributed by atoms with Crippen molar-refractivity contribution in [3.05, 3.63) is 48.5 Å². The normalized spacial score (nSPS) is 15.8. The fourth-order valence-electron chi connectivity index (χ4n) is 3.00. The van der Waals surface area contributed by atoms with Gasteiger partial charge in [0.2, 0.25) is 0 Å². The van der Waals surface area contributed by atoms with Crippen LogP contribution in [0.5, 0.6) is 0 Å². The molecule has 0 unspecified atom stereocenters. The van der Waals surface area contributed by atoms with Crippen molar-refractivity contribution in [1.82, 2.24) is 4.90 Å². The lowest BCUT2D eigenvalue weighted by Gasteiger charge is -2.24. The van der Waals surface area contributed by atoms with Crippen molar-refractivity contribution in [1.29, 1.82) is 0 Å². The summed E-state index contributed by atoms with van der Waals surface area (Å²) in [5.41, 5.74) is 8.09. The average Bonchev–Trinajstić information content (AvgIpc) is 2.80. The van der Waals surface area contributed by atoms with Crippen LogP contribution in [0.15, 0.2) is 53.4 Å². The van der Waals surface area contributed by atoms with E-state index >= 15 is 0 Å². The Labute approximate surface area is 161 Å². The van der Waals surface area contributed by atoms with Crippen LogP contribution in [0.25, 0.3) is 0 Å². The number of rotatable bonds is 4. The van der Waals surface area contributed by atoms with Crippen molar-refractivity contribution in [2.24, 2.45) is 0 Å². The number of nitrogen functional groups attached to an aromatic ring is 1. The molecule has 0 saturated carbocycles. The highest BCUT2D eigenvalue weighted by molar-refractivity contribution is 7.92. The van der Waals surface area contributed by atoms with Gasteiger partial charge in [-0.25, -0.2) is 8.42 Å². The summed E-state index contributed by atoms with van der Waals surface area (Å²) in [6, 6.07) is 13.8. The maximum absolute atomic E-state index is 12.6. The van der Waals surface area contributed by atoms with Crippen molar-refractivity contribution >= 4 is 39.5 Å². The molecule has 1 aliphatic rings. The number of para-hydroxylation sites is 1. The van der Waals surface area contributed by atoms with Gasteiger partial charge in [-0.3, -0.25) is 4.72 Å². The third-order valence-corrected chi connectivity index (χ3v) is 5.77. The summed E-state index contributed by atoms with van der Waals surface area (Å²) in [4.78, 5) is 4.68. The van der Waals surface area contributed by atoms with Gasteiger partial charge in [-0.1, -0.05) is 18.2 Å². The van der Waals surface area contributed by atoms with Gasteiger partial charge in [-0.2, -0.15) is 0 Å². The fraction of sp³-hybridized carbons (Fsp3) is 0.333. The molecule has 142 valence electrons. The van der Waals surface area contributed by atoms with E-state index in [4.69, 9.17) is 5.73 Å². The van der Waals surface area contributed by atoms with Crippen LogP contribution in [0.3, 0.4) is 0 Å². The van der Waals surface area contributed by atoms with Crippen LogP contribution in [0, 0.1) is 0 Å². The molecule has 1 fully saturated rings. The molecule has 2 aromatic rings. The van der Waals surface area contributed by atoms with E-state index in [9.17, 15) is 8.42 Å². The number of halogens is 1. The first kappa shape index (κ1) is 20.4. The van der Waals surface area contributed by atoms with E-state index < -0.39 is 10.0 Å². The monoisotopic (exact) mass is 396 g/mol. The lowest BCUT2D eigenvalue weighted by Crippen LogP contribution is -2.29. The van der Waals surface area contributed by atoms with Crippen LogP contribution in [0.2, 0.25) is 0 Å². The zero-order chi connectivity index (χ0) is 17.9. The number of nitrogens with two attached hydrogens (primary N) is 1. The van der Waals surface area contributed by atoms with Gasteiger partial charge in [0.05, 0.1) is 16.3 Å². The number of nitrogens with one attached hydrogen (secondary N) is 1. The molecule has 0 bridgehead atoms. The predicted octanol–water partition coefficient (Wildman–Crippen LogP) is 2.63. The highest BCUT2D eigenvalue weighted by atomic mass is 35.5. The Morgan fingerprint density at radius 2 is 1.73 bits per heavy atom. The molecule has 26 heavy (non-hydrogen) atoms. The quantitative estimate of drug-likeness (QED) is 0.776. The zero-order valence-electron chi connectivity index (χ0n) is 14.8. The minimum Gasteiger partial charge on any atom is -0.397 e. The van der Waals surface area contributed by atoms with Crippen LogP contribution in [-0.2, 0) is 10.0 Å². The Morgan fingerprint density at radius 1 is 1.00 bits per heavy atom. The molecular weight excluding hydrogens is 372 g/mol. The van der Waals surface area contributed by atoms with Gasteiger partial charge in [0, 0.05) is 25.3 Å². The van der Waals surface area contributed by atoms with Crippen LogP contribution >= 0.6 is 12.4 Å². The third-order valence-electron chi connectivity index (χ3n) is 4.40. The first-order chi connectivity index (χ1) is 12.0. The van der Waals surface area contributed by atoms with Gasteiger partial charge < -0.3 is 15.5 Å². The molecule has 0 aliphatic carbocycles.